The fraction of sp³-hybridized carbons (Fsp3) is 0.722. The molecule has 1 N–H and O–H groups in total. The number of aromatic nitrogens is 2. The average Bonchev–Trinajstić information content (AvgIpc) is 2.62. The van der Waals surface area contributed by atoms with Gasteiger partial charge in [0.25, 0.3) is 0 Å². The predicted molar refractivity (Wildman–Crippen MR) is 91.7 cm³/mol. The van der Waals surface area contributed by atoms with Gasteiger partial charge in [0, 0.05) is 31.1 Å². The highest BCUT2D eigenvalue weighted by atomic mass is 19.4. The van der Waals surface area contributed by atoms with Crippen LogP contribution in [0.2, 0.25) is 0 Å². The van der Waals surface area contributed by atoms with Crippen LogP contribution in [0.3, 0.4) is 0 Å². The number of aryl methyl sites for hydroxylation is 1. The van der Waals surface area contributed by atoms with Crippen molar-refractivity contribution in [3.05, 3.63) is 17.6 Å². The Balaban J connectivity index is 1.57. The Morgan fingerprint density at radius 1 is 1.12 bits per heavy atom. The minimum atomic E-state index is -4.48. The van der Waals surface area contributed by atoms with Gasteiger partial charge in [0.2, 0.25) is 5.91 Å². The Hall–Kier alpha value is -1.86. The first-order chi connectivity index (χ1) is 12.3. The highest BCUT2D eigenvalue weighted by Gasteiger charge is 2.34. The zero-order valence-corrected chi connectivity index (χ0v) is 15.0. The molecule has 3 rings (SSSR count). The van der Waals surface area contributed by atoms with E-state index in [1.165, 1.54) is 13.3 Å². The molecule has 26 heavy (non-hydrogen) atoms. The molecule has 0 spiro atoms. The molecule has 0 bridgehead atoms. The summed E-state index contributed by atoms with van der Waals surface area (Å²) < 4.78 is 38.8. The normalized spacial score (nSPS) is 20.2. The van der Waals surface area contributed by atoms with Crippen LogP contribution < -0.4 is 10.2 Å². The Morgan fingerprint density at radius 3 is 2.38 bits per heavy atom. The lowest BCUT2D eigenvalue weighted by Gasteiger charge is -2.34. The number of piperidine rings is 1. The summed E-state index contributed by atoms with van der Waals surface area (Å²) in [5, 5.41) is 3.13. The maximum absolute atomic E-state index is 12.9. The van der Waals surface area contributed by atoms with Crippen LogP contribution in [0.1, 0.15) is 56.5 Å². The molecule has 1 aromatic rings. The van der Waals surface area contributed by atoms with Gasteiger partial charge in [0.1, 0.15) is 17.3 Å². The van der Waals surface area contributed by atoms with E-state index in [0.717, 1.165) is 31.7 Å². The lowest BCUT2D eigenvalue weighted by Crippen LogP contribution is -2.46. The van der Waals surface area contributed by atoms with E-state index in [4.69, 9.17) is 0 Å². The summed E-state index contributed by atoms with van der Waals surface area (Å²) in [6.07, 6.45) is 2.31. The first kappa shape index (κ1) is 18.9. The molecule has 1 aliphatic carbocycles. The lowest BCUT2D eigenvalue weighted by molar-refractivity contribution is -0.141. The highest BCUT2D eigenvalue weighted by Crippen LogP contribution is 2.30. The van der Waals surface area contributed by atoms with Crippen molar-refractivity contribution in [1.82, 2.24) is 15.3 Å². The summed E-state index contributed by atoms with van der Waals surface area (Å²) in [5.74, 6) is 0.686. The molecule has 0 aromatic carbocycles. The van der Waals surface area contributed by atoms with Crippen LogP contribution in [0.25, 0.3) is 0 Å². The maximum Gasteiger partial charge on any atom is 0.433 e. The summed E-state index contributed by atoms with van der Waals surface area (Å²) >= 11 is 0. The molecule has 1 saturated carbocycles. The third kappa shape index (κ3) is 4.65. The van der Waals surface area contributed by atoms with E-state index in [1.807, 2.05) is 4.90 Å². The Morgan fingerprint density at radius 2 is 1.77 bits per heavy atom. The number of carbonyl (C=O) groups excluding carboxylic acids is 1. The summed E-state index contributed by atoms with van der Waals surface area (Å²) in [4.78, 5) is 21.8. The molecule has 0 atom stereocenters. The van der Waals surface area contributed by atoms with Crippen molar-refractivity contribution in [3.8, 4) is 0 Å². The molecule has 1 aliphatic heterocycles. The van der Waals surface area contributed by atoms with Crippen LogP contribution in [-0.4, -0.2) is 35.0 Å². The summed E-state index contributed by atoms with van der Waals surface area (Å²) in [7, 11) is 0. The zero-order valence-electron chi connectivity index (χ0n) is 15.0. The molecule has 2 aliphatic rings. The molecule has 1 aromatic heterocycles. The minimum Gasteiger partial charge on any atom is -0.356 e. The van der Waals surface area contributed by atoms with Crippen LogP contribution in [0.4, 0.5) is 19.0 Å². The van der Waals surface area contributed by atoms with Gasteiger partial charge in [0.05, 0.1) is 0 Å². The summed E-state index contributed by atoms with van der Waals surface area (Å²) in [6.45, 7) is 2.61. The molecular formula is C18H25F3N4O. The second-order valence-electron chi connectivity index (χ2n) is 7.26. The SMILES string of the molecule is Cc1nc(N2CCC(NC(=O)C3CCCCC3)CC2)cc(C(F)(F)F)n1. The topological polar surface area (TPSA) is 58.1 Å². The number of hydrogen-bond acceptors (Lipinski definition) is 4. The highest BCUT2D eigenvalue weighted by molar-refractivity contribution is 5.79. The van der Waals surface area contributed by atoms with Gasteiger partial charge in [-0.05, 0) is 32.6 Å². The first-order valence-corrected chi connectivity index (χ1v) is 9.31. The van der Waals surface area contributed by atoms with Crippen LogP contribution in [0.5, 0.6) is 0 Å². The van der Waals surface area contributed by atoms with Crippen LogP contribution in [-0.2, 0) is 11.0 Å². The quantitative estimate of drug-likeness (QED) is 0.885. The van der Waals surface area contributed by atoms with E-state index >= 15 is 0 Å². The second kappa shape index (κ2) is 7.80. The van der Waals surface area contributed by atoms with Gasteiger partial charge in [0.15, 0.2) is 0 Å². The third-order valence-corrected chi connectivity index (χ3v) is 5.26. The van der Waals surface area contributed by atoms with E-state index in [2.05, 4.69) is 15.3 Å². The molecule has 8 heteroatoms. The molecule has 0 radical (unpaired) electrons. The minimum absolute atomic E-state index is 0.0886. The zero-order chi connectivity index (χ0) is 18.7. The van der Waals surface area contributed by atoms with Crippen molar-refractivity contribution in [3.63, 3.8) is 0 Å². The Kier molecular flexibility index (Phi) is 5.67. The van der Waals surface area contributed by atoms with Crippen LogP contribution in [0.15, 0.2) is 6.07 Å². The fourth-order valence-corrected chi connectivity index (χ4v) is 3.80. The number of halogens is 3. The van der Waals surface area contributed by atoms with E-state index in [1.54, 1.807) is 0 Å². The van der Waals surface area contributed by atoms with Crippen LogP contribution >= 0.6 is 0 Å². The van der Waals surface area contributed by atoms with Gasteiger partial charge in [-0.2, -0.15) is 13.2 Å². The number of carbonyl (C=O) groups is 1. The number of nitrogens with one attached hydrogen (secondary N) is 1. The second-order valence-corrected chi connectivity index (χ2v) is 7.26. The van der Waals surface area contributed by atoms with E-state index < -0.39 is 11.9 Å². The maximum atomic E-state index is 12.9. The molecule has 2 heterocycles. The summed E-state index contributed by atoms with van der Waals surface area (Å²) in [6, 6.07) is 1.10. The molecular weight excluding hydrogens is 345 g/mol. The number of hydrogen-bond donors (Lipinski definition) is 1. The van der Waals surface area contributed by atoms with E-state index in [-0.39, 0.29) is 23.7 Å². The lowest BCUT2D eigenvalue weighted by atomic mass is 9.88. The van der Waals surface area contributed by atoms with Crippen molar-refractivity contribution in [2.45, 2.75) is 64.1 Å². The molecule has 1 amide bonds. The van der Waals surface area contributed by atoms with E-state index in [0.29, 0.717) is 31.7 Å². The third-order valence-electron chi connectivity index (χ3n) is 5.26. The van der Waals surface area contributed by atoms with Crippen molar-refractivity contribution in [2.24, 2.45) is 5.92 Å². The average molecular weight is 370 g/mol. The number of alkyl halides is 3. The number of anilines is 1. The Labute approximate surface area is 151 Å². The number of amides is 1. The smallest absolute Gasteiger partial charge is 0.356 e. The molecule has 2 fully saturated rings. The molecule has 0 unspecified atom stereocenters. The summed E-state index contributed by atoms with van der Waals surface area (Å²) in [5.41, 5.74) is -0.910. The number of nitrogens with zero attached hydrogens (tertiary/aromatic N) is 3. The van der Waals surface area contributed by atoms with Gasteiger partial charge in [-0.15, -0.1) is 0 Å². The number of rotatable bonds is 3. The van der Waals surface area contributed by atoms with E-state index in [9.17, 15) is 18.0 Å². The van der Waals surface area contributed by atoms with Crippen molar-refractivity contribution in [1.29, 1.82) is 0 Å². The standard InChI is InChI=1S/C18H25F3N4O/c1-12-22-15(18(19,20)21)11-16(23-12)25-9-7-14(8-10-25)24-17(26)13-5-3-2-4-6-13/h11,13-14H,2-10H2,1H3,(H,24,26). The van der Waals surface area contributed by atoms with Crippen molar-refractivity contribution < 1.29 is 18.0 Å². The molecule has 1 saturated heterocycles. The predicted octanol–water partition coefficient (Wildman–Crippen LogP) is 3.47. The van der Waals surface area contributed by atoms with Gasteiger partial charge in [-0.3, -0.25) is 4.79 Å². The first-order valence-electron chi connectivity index (χ1n) is 9.31. The van der Waals surface area contributed by atoms with Gasteiger partial charge in [-0.1, -0.05) is 19.3 Å². The van der Waals surface area contributed by atoms with Crippen molar-refractivity contribution >= 4 is 11.7 Å². The largest absolute Gasteiger partial charge is 0.433 e. The molecule has 5 nitrogen and oxygen atoms in total. The monoisotopic (exact) mass is 370 g/mol. The van der Waals surface area contributed by atoms with Gasteiger partial charge >= 0.3 is 6.18 Å². The van der Waals surface area contributed by atoms with Crippen LogP contribution in [0, 0.1) is 12.8 Å². The van der Waals surface area contributed by atoms with Gasteiger partial charge in [-0.25, -0.2) is 9.97 Å². The fourth-order valence-electron chi connectivity index (χ4n) is 3.80. The Bertz CT molecular complexity index is 636. The molecule has 144 valence electrons. The van der Waals surface area contributed by atoms with Crippen molar-refractivity contribution in [2.75, 3.05) is 18.0 Å². The van der Waals surface area contributed by atoms with Gasteiger partial charge < -0.3 is 10.2 Å².